The second kappa shape index (κ2) is 6.47. The SMILES string of the molecule is Fc1cc(Br)ccc1COCC1CCCCO1. The molecule has 1 unspecified atom stereocenters. The van der Waals surface area contributed by atoms with Gasteiger partial charge >= 0.3 is 0 Å². The van der Waals surface area contributed by atoms with Crippen molar-refractivity contribution >= 4 is 15.9 Å². The maximum Gasteiger partial charge on any atom is 0.129 e. The molecular weight excluding hydrogens is 287 g/mol. The molecule has 1 fully saturated rings. The fourth-order valence-electron chi connectivity index (χ4n) is 1.88. The minimum atomic E-state index is -0.232. The van der Waals surface area contributed by atoms with Crippen LogP contribution in [0.15, 0.2) is 22.7 Å². The van der Waals surface area contributed by atoms with Crippen LogP contribution in [-0.2, 0) is 16.1 Å². The van der Waals surface area contributed by atoms with Crippen LogP contribution >= 0.6 is 15.9 Å². The van der Waals surface area contributed by atoms with Gasteiger partial charge in [0.05, 0.1) is 19.3 Å². The highest BCUT2D eigenvalue weighted by Gasteiger charge is 2.14. The van der Waals surface area contributed by atoms with Crippen molar-refractivity contribution < 1.29 is 13.9 Å². The highest BCUT2D eigenvalue weighted by atomic mass is 79.9. The predicted molar refractivity (Wildman–Crippen MR) is 67.3 cm³/mol. The van der Waals surface area contributed by atoms with Crippen molar-refractivity contribution in [2.75, 3.05) is 13.2 Å². The first-order chi connectivity index (χ1) is 8.25. The van der Waals surface area contributed by atoms with E-state index in [9.17, 15) is 4.39 Å². The summed E-state index contributed by atoms with van der Waals surface area (Å²) < 4.78 is 25.3. The highest BCUT2D eigenvalue weighted by molar-refractivity contribution is 9.10. The van der Waals surface area contributed by atoms with E-state index in [1.54, 1.807) is 6.07 Å². The predicted octanol–water partition coefficient (Wildman–Crippen LogP) is 3.67. The highest BCUT2D eigenvalue weighted by Crippen LogP contribution is 2.17. The molecule has 1 atom stereocenters. The van der Waals surface area contributed by atoms with E-state index >= 15 is 0 Å². The second-order valence-corrected chi connectivity index (χ2v) is 5.16. The molecule has 4 heteroatoms. The van der Waals surface area contributed by atoms with Gasteiger partial charge in [-0.05, 0) is 31.4 Å². The molecule has 0 radical (unpaired) electrons. The smallest absolute Gasteiger partial charge is 0.129 e. The van der Waals surface area contributed by atoms with Gasteiger partial charge < -0.3 is 9.47 Å². The molecule has 0 spiro atoms. The molecule has 1 heterocycles. The summed E-state index contributed by atoms with van der Waals surface area (Å²) in [6.07, 6.45) is 3.56. The topological polar surface area (TPSA) is 18.5 Å². The molecule has 17 heavy (non-hydrogen) atoms. The van der Waals surface area contributed by atoms with Crippen LogP contribution in [0.25, 0.3) is 0 Å². The first-order valence-corrected chi connectivity index (χ1v) is 6.68. The Labute approximate surface area is 109 Å². The van der Waals surface area contributed by atoms with E-state index in [-0.39, 0.29) is 11.9 Å². The molecule has 0 aromatic heterocycles. The maximum atomic E-state index is 13.5. The van der Waals surface area contributed by atoms with Crippen LogP contribution in [0.2, 0.25) is 0 Å². The minimum absolute atomic E-state index is 0.183. The van der Waals surface area contributed by atoms with E-state index < -0.39 is 0 Å². The lowest BCUT2D eigenvalue weighted by atomic mass is 10.1. The van der Waals surface area contributed by atoms with Gasteiger partial charge in [0, 0.05) is 16.6 Å². The zero-order chi connectivity index (χ0) is 12.1. The van der Waals surface area contributed by atoms with Crippen LogP contribution < -0.4 is 0 Å². The Morgan fingerprint density at radius 1 is 1.41 bits per heavy atom. The summed E-state index contributed by atoms with van der Waals surface area (Å²) in [5.74, 6) is -0.232. The van der Waals surface area contributed by atoms with Crippen LogP contribution in [0.1, 0.15) is 24.8 Å². The van der Waals surface area contributed by atoms with Crippen molar-refractivity contribution in [3.05, 3.63) is 34.1 Å². The van der Waals surface area contributed by atoms with Crippen LogP contribution in [0.4, 0.5) is 4.39 Å². The average Bonchev–Trinajstić information content (AvgIpc) is 2.33. The molecule has 1 saturated heterocycles. The first kappa shape index (κ1) is 13.0. The summed E-state index contributed by atoms with van der Waals surface area (Å²) in [5.41, 5.74) is 0.587. The summed E-state index contributed by atoms with van der Waals surface area (Å²) in [6, 6.07) is 5.01. The molecule has 1 aromatic carbocycles. The van der Waals surface area contributed by atoms with Gasteiger partial charge in [-0.25, -0.2) is 4.39 Å². The van der Waals surface area contributed by atoms with E-state index in [0.29, 0.717) is 18.8 Å². The minimum Gasteiger partial charge on any atom is -0.376 e. The summed E-state index contributed by atoms with van der Waals surface area (Å²) >= 11 is 3.23. The van der Waals surface area contributed by atoms with Crippen molar-refractivity contribution in [2.24, 2.45) is 0 Å². The zero-order valence-corrected chi connectivity index (χ0v) is 11.2. The van der Waals surface area contributed by atoms with E-state index in [2.05, 4.69) is 15.9 Å². The molecule has 1 aliphatic rings. The fraction of sp³-hybridized carbons (Fsp3) is 0.538. The second-order valence-electron chi connectivity index (χ2n) is 4.24. The molecule has 0 amide bonds. The average molecular weight is 303 g/mol. The van der Waals surface area contributed by atoms with Crippen LogP contribution in [-0.4, -0.2) is 19.3 Å². The normalized spacial score (nSPS) is 20.5. The zero-order valence-electron chi connectivity index (χ0n) is 9.62. The lowest BCUT2D eigenvalue weighted by Crippen LogP contribution is -2.24. The summed E-state index contributed by atoms with van der Waals surface area (Å²) in [5, 5.41) is 0. The van der Waals surface area contributed by atoms with Gasteiger partial charge in [-0.2, -0.15) is 0 Å². The van der Waals surface area contributed by atoms with Crippen LogP contribution in [0.3, 0.4) is 0 Å². The first-order valence-electron chi connectivity index (χ1n) is 5.89. The van der Waals surface area contributed by atoms with Gasteiger partial charge in [-0.15, -0.1) is 0 Å². The third kappa shape index (κ3) is 4.05. The Balaban J connectivity index is 1.77. The van der Waals surface area contributed by atoms with Gasteiger partial charge in [-0.3, -0.25) is 0 Å². The van der Waals surface area contributed by atoms with Crippen LogP contribution in [0.5, 0.6) is 0 Å². The third-order valence-corrected chi connectivity index (χ3v) is 3.34. The fourth-order valence-corrected chi connectivity index (χ4v) is 2.21. The van der Waals surface area contributed by atoms with Gasteiger partial charge in [0.25, 0.3) is 0 Å². The number of halogens is 2. The molecule has 2 rings (SSSR count). The molecule has 1 aliphatic heterocycles. The van der Waals surface area contributed by atoms with Gasteiger partial charge in [0.15, 0.2) is 0 Å². The molecule has 0 N–H and O–H groups in total. The van der Waals surface area contributed by atoms with Crippen molar-refractivity contribution in [3.8, 4) is 0 Å². The number of rotatable bonds is 4. The monoisotopic (exact) mass is 302 g/mol. The van der Waals surface area contributed by atoms with E-state index in [1.165, 1.54) is 12.5 Å². The van der Waals surface area contributed by atoms with Gasteiger partial charge in [0.1, 0.15) is 5.82 Å². The standard InChI is InChI=1S/C13H16BrFO2/c14-11-5-4-10(13(15)7-11)8-16-9-12-3-1-2-6-17-12/h4-5,7,12H,1-3,6,8-9H2. The van der Waals surface area contributed by atoms with Gasteiger partial charge in [-0.1, -0.05) is 22.0 Å². The summed E-state index contributed by atoms with van der Waals surface area (Å²) in [7, 11) is 0. The van der Waals surface area contributed by atoms with E-state index in [4.69, 9.17) is 9.47 Å². The lowest BCUT2D eigenvalue weighted by molar-refractivity contribution is -0.0451. The molecule has 94 valence electrons. The van der Waals surface area contributed by atoms with E-state index in [0.717, 1.165) is 23.9 Å². The largest absolute Gasteiger partial charge is 0.376 e. The number of ether oxygens (including phenoxy) is 2. The Morgan fingerprint density at radius 2 is 2.29 bits per heavy atom. The van der Waals surface area contributed by atoms with E-state index in [1.807, 2.05) is 6.07 Å². The Morgan fingerprint density at radius 3 is 3.00 bits per heavy atom. The van der Waals surface area contributed by atoms with Crippen molar-refractivity contribution in [1.29, 1.82) is 0 Å². The van der Waals surface area contributed by atoms with Crippen LogP contribution in [0, 0.1) is 5.82 Å². The molecular formula is C13H16BrFO2. The Hall–Kier alpha value is -0.450. The quantitative estimate of drug-likeness (QED) is 0.845. The maximum absolute atomic E-state index is 13.5. The third-order valence-electron chi connectivity index (χ3n) is 2.85. The van der Waals surface area contributed by atoms with Gasteiger partial charge in [0.2, 0.25) is 0 Å². The number of hydrogen-bond acceptors (Lipinski definition) is 2. The molecule has 0 saturated carbocycles. The molecule has 0 aliphatic carbocycles. The summed E-state index contributed by atoms with van der Waals surface area (Å²) in [6.45, 7) is 1.68. The molecule has 1 aromatic rings. The number of hydrogen-bond donors (Lipinski definition) is 0. The number of benzene rings is 1. The molecule has 0 bridgehead atoms. The summed E-state index contributed by atoms with van der Waals surface area (Å²) in [4.78, 5) is 0. The van der Waals surface area contributed by atoms with Crippen molar-refractivity contribution in [2.45, 2.75) is 32.0 Å². The Kier molecular flexibility index (Phi) is 4.95. The van der Waals surface area contributed by atoms with Crippen molar-refractivity contribution in [3.63, 3.8) is 0 Å². The molecule has 2 nitrogen and oxygen atoms in total. The Bertz CT molecular complexity index is 364. The lowest BCUT2D eigenvalue weighted by Gasteiger charge is -2.22. The van der Waals surface area contributed by atoms with Crippen molar-refractivity contribution in [1.82, 2.24) is 0 Å².